The molecule has 0 fully saturated rings. The maximum absolute atomic E-state index is 6.97. The van der Waals surface area contributed by atoms with Crippen molar-refractivity contribution in [2.45, 2.75) is 51.4 Å². The number of aryl methyl sites for hydroxylation is 2. The molecule has 0 amide bonds. The summed E-state index contributed by atoms with van der Waals surface area (Å²) in [5.74, 6) is 4.39. The molecule has 0 unspecified atom stereocenters. The second-order valence-corrected chi connectivity index (χ2v) is 16.1. The first-order chi connectivity index (χ1) is 26.7. The third kappa shape index (κ3) is 7.78. The molecule has 6 nitrogen and oxygen atoms in total. The molecule has 6 aromatic carbocycles. The summed E-state index contributed by atoms with van der Waals surface area (Å²) in [7, 11) is -0.0752. The van der Waals surface area contributed by atoms with Crippen LogP contribution in [0.5, 0.6) is 34.5 Å². The summed E-state index contributed by atoms with van der Waals surface area (Å²) >= 11 is 0. The Hall–Kier alpha value is -5.02. The van der Waals surface area contributed by atoms with Crippen molar-refractivity contribution in [3.05, 3.63) is 156 Å². The summed E-state index contributed by atoms with van der Waals surface area (Å²) in [5, 5.41) is 1.80. The fraction of sp³-hybridized carbons (Fsp3) is 0.217. The fourth-order valence-corrected chi connectivity index (χ4v) is 10.7. The van der Waals surface area contributed by atoms with Gasteiger partial charge in [0.05, 0.1) is 14.2 Å². The highest BCUT2D eigenvalue weighted by atomic mass is 31.2. The summed E-state index contributed by atoms with van der Waals surface area (Å²) in [5.41, 5.74) is 7.37. The lowest BCUT2D eigenvalue weighted by atomic mass is 9.80. The summed E-state index contributed by atoms with van der Waals surface area (Å²) < 4.78 is 40.6. The van der Waals surface area contributed by atoms with Gasteiger partial charge in [-0.2, -0.15) is 0 Å². The summed E-state index contributed by atoms with van der Waals surface area (Å²) in [6.07, 6.45) is 8.18. The van der Waals surface area contributed by atoms with E-state index in [1.54, 1.807) is 14.2 Å². The van der Waals surface area contributed by atoms with Crippen molar-refractivity contribution in [2.24, 2.45) is 0 Å². The lowest BCUT2D eigenvalue weighted by Crippen LogP contribution is -2.26. The summed E-state index contributed by atoms with van der Waals surface area (Å²) in [6, 6.07) is 44.2. The second kappa shape index (κ2) is 17.0. The van der Waals surface area contributed by atoms with E-state index in [1.165, 1.54) is 22.3 Å². The largest absolute Gasteiger partial charge is 0.496 e. The van der Waals surface area contributed by atoms with Gasteiger partial charge in [-0.15, -0.1) is 0 Å². The van der Waals surface area contributed by atoms with Crippen molar-refractivity contribution in [2.75, 3.05) is 14.2 Å². The Kier molecular flexibility index (Phi) is 11.3. The van der Waals surface area contributed by atoms with Crippen LogP contribution in [0, 0.1) is 0 Å². The van der Waals surface area contributed by atoms with Gasteiger partial charge in [0.15, 0.2) is 0 Å². The zero-order valence-corrected chi connectivity index (χ0v) is 32.5. The van der Waals surface area contributed by atoms with E-state index in [1.807, 2.05) is 121 Å². The van der Waals surface area contributed by atoms with Gasteiger partial charge in [0, 0.05) is 11.1 Å². The van der Waals surface area contributed by atoms with Crippen molar-refractivity contribution >= 4 is 27.4 Å². The van der Waals surface area contributed by atoms with Crippen LogP contribution in [0.3, 0.4) is 0 Å². The van der Waals surface area contributed by atoms with E-state index in [2.05, 4.69) is 12.1 Å². The number of rotatable bonds is 13. The standard InChI is InChI=1S/C46H44O6P2/c1-47-41-31-33-19-15-17-29-39(33)43(45(41)53(49-35-21-7-3-8-22-35)50-36-23-9-4-10-24-36)44-40-30-18-16-20-34(40)32-42(48-2)46(44)54(51-37-25-11-5-12-26-37)52-38-27-13-6-14-28-38/h3-14,21-28,31-32H,15-20,29-30H2,1-2H3. The predicted molar refractivity (Wildman–Crippen MR) is 220 cm³/mol. The van der Waals surface area contributed by atoms with E-state index >= 15 is 0 Å². The molecule has 6 aromatic rings. The molecule has 0 saturated heterocycles. The zero-order valence-electron chi connectivity index (χ0n) is 30.7. The van der Waals surface area contributed by atoms with Gasteiger partial charge in [0.1, 0.15) is 45.1 Å². The fourth-order valence-electron chi connectivity index (χ4n) is 7.47. The molecule has 2 aliphatic carbocycles. The highest BCUT2D eigenvalue weighted by molar-refractivity contribution is 7.58. The van der Waals surface area contributed by atoms with E-state index in [0.717, 1.165) is 108 Å². The van der Waals surface area contributed by atoms with Crippen LogP contribution in [-0.2, 0) is 25.7 Å². The molecule has 0 heterocycles. The zero-order chi connectivity index (χ0) is 36.7. The quantitative estimate of drug-likeness (QED) is 0.109. The molecule has 8 rings (SSSR count). The van der Waals surface area contributed by atoms with Gasteiger partial charge in [-0.05, 0) is 134 Å². The van der Waals surface area contributed by atoms with Crippen molar-refractivity contribution in [3.63, 3.8) is 0 Å². The summed E-state index contributed by atoms with van der Waals surface area (Å²) in [4.78, 5) is 0. The minimum absolute atomic E-state index is 0.722. The maximum Gasteiger partial charge on any atom is 0.330 e. The Morgan fingerprint density at radius 3 is 0.981 bits per heavy atom. The van der Waals surface area contributed by atoms with Crippen molar-refractivity contribution in [3.8, 4) is 45.6 Å². The van der Waals surface area contributed by atoms with E-state index < -0.39 is 16.8 Å². The molecule has 0 atom stereocenters. The Morgan fingerprint density at radius 2 is 0.685 bits per heavy atom. The first kappa shape index (κ1) is 36.0. The van der Waals surface area contributed by atoms with Crippen LogP contribution in [0.15, 0.2) is 133 Å². The smallest absolute Gasteiger partial charge is 0.330 e. The lowest BCUT2D eigenvalue weighted by Gasteiger charge is -2.33. The third-order valence-electron chi connectivity index (χ3n) is 9.96. The van der Waals surface area contributed by atoms with E-state index in [9.17, 15) is 0 Å². The number of ether oxygens (including phenoxy) is 2. The van der Waals surface area contributed by atoms with Gasteiger partial charge in [0.2, 0.25) is 0 Å². The Bertz CT molecular complexity index is 1920. The normalized spacial score (nSPS) is 13.5. The van der Waals surface area contributed by atoms with Crippen LogP contribution in [0.2, 0.25) is 0 Å². The van der Waals surface area contributed by atoms with Gasteiger partial charge in [-0.3, -0.25) is 0 Å². The minimum Gasteiger partial charge on any atom is -0.496 e. The molecular weight excluding hydrogens is 710 g/mol. The maximum atomic E-state index is 6.97. The summed E-state index contributed by atoms with van der Waals surface area (Å²) in [6.45, 7) is 0. The molecular formula is C46H44O6P2. The molecule has 274 valence electrons. The van der Waals surface area contributed by atoms with Gasteiger partial charge < -0.3 is 27.6 Å². The van der Waals surface area contributed by atoms with Crippen molar-refractivity contribution < 1.29 is 27.6 Å². The third-order valence-corrected chi connectivity index (χ3v) is 13.1. The number of para-hydroxylation sites is 4. The SMILES string of the molecule is COc1cc2c(c(-c3c4c(cc(OC)c3P(Oc3ccccc3)Oc3ccccc3)CCCC4)c1P(Oc1ccccc1)Oc1ccccc1)CCCC2. The van der Waals surface area contributed by atoms with E-state index in [4.69, 9.17) is 27.6 Å². The molecule has 0 saturated carbocycles. The molecule has 54 heavy (non-hydrogen) atoms. The number of hydrogen-bond donors (Lipinski definition) is 0. The van der Waals surface area contributed by atoms with Crippen LogP contribution < -0.4 is 38.2 Å². The Labute approximate surface area is 320 Å². The van der Waals surface area contributed by atoms with Gasteiger partial charge in [-0.1, -0.05) is 72.8 Å². The minimum atomic E-state index is -1.79. The first-order valence-electron chi connectivity index (χ1n) is 18.7. The second-order valence-electron chi connectivity index (χ2n) is 13.4. The molecule has 0 N–H and O–H groups in total. The molecule has 8 heteroatoms. The average Bonchev–Trinajstić information content (AvgIpc) is 3.23. The molecule has 0 aliphatic heterocycles. The Balaban J connectivity index is 1.45. The molecule has 0 aromatic heterocycles. The topological polar surface area (TPSA) is 55.4 Å². The van der Waals surface area contributed by atoms with Crippen molar-refractivity contribution in [1.29, 1.82) is 0 Å². The van der Waals surface area contributed by atoms with Crippen LogP contribution in [0.4, 0.5) is 0 Å². The van der Waals surface area contributed by atoms with Crippen LogP contribution in [0.25, 0.3) is 11.1 Å². The highest BCUT2D eigenvalue weighted by Crippen LogP contribution is 2.53. The van der Waals surface area contributed by atoms with Crippen LogP contribution >= 0.6 is 16.8 Å². The van der Waals surface area contributed by atoms with Gasteiger partial charge >= 0.3 is 16.8 Å². The highest BCUT2D eigenvalue weighted by Gasteiger charge is 2.38. The lowest BCUT2D eigenvalue weighted by molar-refractivity contribution is 0.414. The van der Waals surface area contributed by atoms with Crippen LogP contribution in [-0.4, -0.2) is 14.2 Å². The average molecular weight is 755 g/mol. The molecule has 2 aliphatic rings. The number of fused-ring (bicyclic) bond motifs is 2. The van der Waals surface area contributed by atoms with Crippen LogP contribution in [0.1, 0.15) is 47.9 Å². The number of methoxy groups -OCH3 is 2. The monoisotopic (exact) mass is 754 g/mol. The van der Waals surface area contributed by atoms with Crippen molar-refractivity contribution in [1.82, 2.24) is 0 Å². The van der Waals surface area contributed by atoms with Gasteiger partial charge in [-0.25, -0.2) is 0 Å². The Morgan fingerprint density at radius 1 is 0.389 bits per heavy atom. The first-order valence-corrected chi connectivity index (χ1v) is 21.0. The van der Waals surface area contributed by atoms with E-state index in [-0.39, 0.29) is 0 Å². The van der Waals surface area contributed by atoms with E-state index in [0.29, 0.717) is 0 Å². The molecule has 0 radical (unpaired) electrons. The predicted octanol–water partition coefficient (Wildman–Crippen LogP) is 11.3. The number of hydrogen-bond acceptors (Lipinski definition) is 6. The number of benzene rings is 6. The molecule has 0 spiro atoms. The van der Waals surface area contributed by atoms with Gasteiger partial charge in [0.25, 0.3) is 0 Å². The molecule has 0 bridgehead atoms.